The van der Waals surface area contributed by atoms with Gasteiger partial charge in [0, 0.05) is 29.6 Å². The Hall–Kier alpha value is -1.48. The first-order valence-electron chi connectivity index (χ1n) is 7.18. The summed E-state index contributed by atoms with van der Waals surface area (Å²) in [5, 5.41) is 11.7. The summed E-state index contributed by atoms with van der Waals surface area (Å²) in [6.07, 6.45) is 2.54. The van der Waals surface area contributed by atoms with E-state index in [-0.39, 0.29) is 0 Å². The summed E-state index contributed by atoms with van der Waals surface area (Å²) >= 11 is 0. The third kappa shape index (κ3) is 1.48. The molecule has 19 heavy (non-hydrogen) atoms. The maximum atomic E-state index is 10.4. The predicted molar refractivity (Wildman–Crippen MR) is 77.7 cm³/mol. The fraction of sp³-hybridized carbons (Fsp3) is 0.500. The molecule has 4 heterocycles. The number of rotatable bonds is 1. The molecule has 100 valence electrons. The van der Waals surface area contributed by atoms with E-state index in [4.69, 9.17) is 0 Å². The van der Waals surface area contributed by atoms with Gasteiger partial charge in [0.2, 0.25) is 0 Å². The molecule has 3 heteroatoms. The number of nitrogens with zero attached hydrogens (tertiary/aromatic N) is 1. The van der Waals surface area contributed by atoms with Crippen molar-refractivity contribution < 1.29 is 5.11 Å². The minimum Gasteiger partial charge on any atom is -0.386 e. The number of benzene rings is 1. The van der Waals surface area contributed by atoms with Gasteiger partial charge in [0.25, 0.3) is 0 Å². The summed E-state index contributed by atoms with van der Waals surface area (Å²) < 4.78 is 0. The van der Waals surface area contributed by atoms with Crippen LogP contribution < -0.4 is 4.90 Å². The summed E-state index contributed by atoms with van der Waals surface area (Å²) in [6, 6.07) is 6.30. The van der Waals surface area contributed by atoms with Gasteiger partial charge < -0.3 is 15.0 Å². The number of hydrogen-bond donors (Lipinski definition) is 2. The number of nitrogens with one attached hydrogen (secondary N) is 1. The number of hydrogen-bond acceptors (Lipinski definition) is 2. The number of aromatic amines is 1. The van der Waals surface area contributed by atoms with E-state index in [1.165, 1.54) is 42.7 Å². The zero-order valence-corrected chi connectivity index (χ0v) is 11.5. The monoisotopic (exact) mass is 256 g/mol. The van der Waals surface area contributed by atoms with Gasteiger partial charge in [-0.25, -0.2) is 0 Å². The number of aliphatic hydroxyl groups is 1. The summed E-state index contributed by atoms with van der Waals surface area (Å²) in [7, 11) is 0. The quantitative estimate of drug-likeness (QED) is 0.823. The number of aromatic nitrogens is 1. The summed E-state index contributed by atoms with van der Waals surface area (Å²) in [4.78, 5) is 6.05. The molecule has 2 aromatic rings. The highest BCUT2D eigenvalue weighted by molar-refractivity contribution is 5.93. The molecule has 0 aliphatic carbocycles. The Morgan fingerprint density at radius 2 is 2.00 bits per heavy atom. The first-order valence-corrected chi connectivity index (χ1v) is 7.18. The zero-order chi connectivity index (χ0) is 13.2. The van der Waals surface area contributed by atoms with Crippen LogP contribution in [0.3, 0.4) is 0 Å². The maximum absolute atomic E-state index is 10.4. The first-order chi connectivity index (χ1) is 9.05. The molecule has 0 saturated carbocycles. The Balaban J connectivity index is 2.04. The highest BCUT2D eigenvalue weighted by Crippen LogP contribution is 2.47. The predicted octanol–water partition coefficient (Wildman–Crippen LogP) is 3.09. The van der Waals surface area contributed by atoms with E-state index in [9.17, 15) is 5.11 Å². The second-order valence-corrected chi connectivity index (χ2v) is 6.44. The van der Waals surface area contributed by atoms with Gasteiger partial charge in [-0.05, 0) is 32.6 Å². The zero-order valence-electron chi connectivity index (χ0n) is 11.5. The summed E-state index contributed by atoms with van der Waals surface area (Å²) in [5.74, 6) is 2.00. The smallest absolute Gasteiger partial charge is 0.110 e. The third-order valence-electron chi connectivity index (χ3n) is 4.73. The Morgan fingerprint density at radius 3 is 2.68 bits per heavy atom. The molecular formula is C16H20N2O. The largest absolute Gasteiger partial charge is 0.386 e. The van der Waals surface area contributed by atoms with Crippen molar-refractivity contribution in [2.24, 2.45) is 0 Å². The topological polar surface area (TPSA) is 39.3 Å². The van der Waals surface area contributed by atoms with Gasteiger partial charge in [-0.2, -0.15) is 0 Å². The standard InChI is InChI=1S/C16H20N2O/c1-16(2,19)12-5-3-4-11-13-10-6-8-18(9-7-10)15(13)17-14(11)12/h3-5,10,17,19H,6-9H2,1-2H3. The molecule has 5 rings (SSSR count). The molecule has 1 fully saturated rings. The second-order valence-electron chi connectivity index (χ2n) is 6.44. The molecule has 1 aromatic carbocycles. The molecule has 0 unspecified atom stereocenters. The van der Waals surface area contributed by atoms with Gasteiger partial charge >= 0.3 is 0 Å². The van der Waals surface area contributed by atoms with Crippen LogP contribution in [0.15, 0.2) is 18.2 Å². The number of H-pyrrole nitrogens is 1. The van der Waals surface area contributed by atoms with Crippen LogP contribution in [0.5, 0.6) is 0 Å². The van der Waals surface area contributed by atoms with Crippen LogP contribution in [-0.2, 0) is 5.60 Å². The molecule has 2 N–H and O–H groups in total. The van der Waals surface area contributed by atoms with Crippen molar-refractivity contribution in [3.63, 3.8) is 0 Å². The fourth-order valence-electron chi connectivity index (χ4n) is 3.79. The Labute approximate surface area is 113 Å². The lowest BCUT2D eigenvalue weighted by Crippen LogP contribution is -2.38. The number of piperidine rings is 1. The van der Waals surface area contributed by atoms with Crippen LogP contribution in [0.4, 0.5) is 5.82 Å². The Kier molecular flexibility index (Phi) is 2.12. The first kappa shape index (κ1) is 11.4. The van der Waals surface area contributed by atoms with Crippen LogP contribution in [-0.4, -0.2) is 23.2 Å². The van der Waals surface area contributed by atoms with Crippen LogP contribution in [0.1, 0.15) is 43.7 Å². The molecule has 3 nitrogen and oxygen atoms in total. The average molecular weight is 256 g/mol. The summed E-state index contributed by atoms with van der Waals surface area (Å²) in [6.45, 7) is 6.05. The van der Waals surface area contributed by atoms with E-state index in [1.54, 1.807) is 0 Å². The third-order valence-corrected chi connectivity index (χ3v) is 4.73. The van der Waals surface area contributed by atoms with Gasteiger partial charge in [0.15, 0.2) is 0 Å². The second kappa shape index (κ2) is 3.54. The molecule has 0 radical (unpaired) electrons. The molecule has 2 bridgehead atoms. The minimum atomic E-state index is -0.804. The normalized spacial score (nSPS) is 19.2. The van der Waals surface area contributed by atoms with E-state index < -0.39 is 5.60 Å². The van der Waals surface area contributed by atoms with Crippen LogP contribution in [0.2, 0.25) is 0 Å². The van der Waals surface area contributed by atoms with E-state index >= 15 is 0 Å². The Morgan fingerprint density at radius 1 is 1.26 bits per heavy atom. The molecule has 0 amide bonds. The van der Waals surface area contributed by atoms with E-state index in [0.29, 0.717) is 5.92 Å². The van der Waals surface area contributed by atoms with E-state index in [1.807, 2.05) is 19.9 Å². The van der Waals surface area contributed by atoms with Gasteiger partial charge in [0.05, 0.1) is 11.1 Å². The lowest BCUT2D eigenvalue weighted by molar-refractivity contribution is 0.0800. The molecule has 1 aromatic heterocycles. The minimum absolute atomic E-state index is 0.700. The van der Waals surface area contributed by atoms with Crippen molar-refractivity contribution in [3.8, 4) is 0 Å². The molecule has 3 aliphatic rings. The highest BCUT2D eigenvalue weighted by Gasteiger charge is 2.35. The lowest BCUT2D eigenvalue weighted by atomic mass is 9.83. The van der Waals surface area contributed by atoms with Crippen molar-refractivity contribution in [2.45, 2.75) is 38.2 Å². The lowest BCUT2D eigenvalue weighted by Gasteiger charge is -2.40. The van der Waals surface area contributed by atoms with Gasteiger partial charge in [-0.3, -0.25) is 0 Å². The van der Waals surface area contributed by atoms with Crippen LogP contribution in [0.25, 0.3) is 10.9 Å². The molecule has 0 atom stereocenters. The average Bonchev–Trinajstić information content (AvgIpc) is 2.79. The van der Waals surface area contributed by atoms with Crippen LogP contribution >= 0.6 is 0 Å². The van der Waals surface area contributed by atoms with Crippen molar-refractivity contribution in [1.29, 1.82) is 0 Å². The van der Waals surface area contributed by atoms with Crippen molar-refractivity contribution >= 4 is 16.7 Å². The number of para-hydroxylation sites is 1. The fourth-order valence-corrected chi connectivity index (χ4v) is 3.79. The molecule has 0 spiro atoms. The van der Waals surface area contributed by atoms with Crippen molar-refractivity contribution in [2.75, 3.05) is 18.0 Å². The number of fused-ring (bicyclic) bond motifs is 3. The highest BCUT2D eigenvalue weighted by atomic mass is 16.3. The molecule has 3 aliphatic heterocycles. The Bertz CT molecular complexity index is 643. The van der Waals surface area contributed by atoms with Gasteiger partial charge in [0.1, 0.15) is 5.82 Å². The maximum Gasteiger partial charge on any atom is 0.110 e. The van der Waals surface area contributed by atoms with Crippen molar-refractivity contribution in [1.82, 2.24) is 4.98 Å². The number of anilines is 1. The van der Waals surface area contributed by atoms with E-state index in [0.717, 1.165) is 11.1 Å². The van der Waals surface area contributed by atoms with Crippen molar-refractivity contribution in [3.05, 3.63) is 29.3 Å². The van der Waals surface area contributed by atoms with Gasteiger partial charge in [-0.15, -0.1) is 0 Å². The molecule has 1 saturated heterocycles. The van der Waals surface area contributed by atoms with Crippen LogP contribution in [0, 0.1) is 0 Å². The van der Waals surface area contributed by atoms with Gasteiger partial charge in [-0.1, -0.05) is 18.2 Å². The molecular weight excluding hydrogens is 236 g/mol. The van der Waals surface area contributed by atoms with E-state index in [2.05, 4.69) is 22.0 Å². The summed E-state index contributed by atoms with van der Waals surface area (Å²) in [5.41, 5.74) is 2.80. The SMILES string of the molecule is CC(C)(O)c1cccc2c3c([nH]c12)N1CCC3CC1.